The number of hydrogen-bond acceptors (Lipinski definition) is 7. The summed E-state index contributed by atoms with van der Waals surface area (Å²) in [5.74, 6) is 2.52. The van der Waals surface area contributed by atoms with E-state index in [2.05, 4.69) is 25.4 Å². The molecule has 0 spiro atoms. The minimum Gasteiger partial charge on any atom is -0.493 e. The molecule has 30 heavy (non-hydrogen) atoms. The highest BCUT2D eigenvalue weighted by molar-refractivity contribution is 5.93. The maximum atomic E-state index is 12.9. The van der Waals surface area contributed by atoms with Crippen LogP contribution in [0.5, 0.6) is 11.5 Å². The highest BCUT2D eigenvalue weighted by Gasteiger charge is 2.27. The number of methoxy groups -OCH3 is 2. The van der Waals surface area contributed by atoms with Crippen LogP contribution in [0.4, 0.5) is 11.5 Å². The number of amides is 1. The predicted molar refractivity (Wildman–Crippen MR) is 112 cm³/mol. The quantitative estimate of drug-likeness (QED) is 0.670. The van der Waals surface area contributed by atoms with Crippen molar-refractivity contribution in [3.63, 3.8) is 0 Å². The summed E-state index contributed by atoms with van der Waals surface area (Å²) in [6.07, 6.45) is 6.94. The Morgan fingerprint density at radius 3 is 2.60 bits per heavy atom. The topological polar surface area (TPSA) is 94.4 Å². The highest BCUT2D eigenvalue weighted by atomic mass is 16.5. The Bertz CT molecular complexity index is 990. The number of carbonyl (C=O) groups is 1. The Labute approximate surface area is 174 Å². The van der Waals surface area contributed by atoms with E-state index in [1.54, 1.807) is 49.5 Å². The van der Waals surface area contributed by atoms with Gasteiger partial charge < -0.3 is 19.7 Å². The summed E-state index contributed by atoms with van der Waals surface area (Å²) in [7, 11) is 3.15. The molecule has 1 fully saturated rings. The van der Waals surface area contributed by atoms with Crippen LogP contribution in [0.15, 0.2) is 49.1 Å². The molecule has 2 aromatic heterocycles. The summed E-state index contributed by atoms with van der Waals surface area (Å²) in [4.78, 5) is 19.0. The molecule has 9 heteroatoms. The maximum absolute atomic E-state index is 12.9. The lowest BCUT2D eigenvalue weighted by Gasteiger charge is -2.32. The number of aromatic nitrogens is 4. The zero-order valence-electron chi connectivity index (χ0n) is 17.0. The van der Waals surface area contributed by atoms with Gasteiger partial charge in [-0.3, -0.25) is 9.36 Å². The summed E-state index contributed by atoms with van der Waals surface area (Å²) in [6, 6.07) is 9.17. The van der Waals surface area contributed by atoms with Crippen molar-refractivity contribution < 1.29 is 14.3 Å². The second-order valence-corrected chi connectivity index (χ2v) is 7.06. The SMILES string of the molecule is COc1ccc(NC(=O)C2CCCN(c3ccc(-n4ccnc4)nn3)C2)cc1OC. The number of benzene rings is 1. The van der Waals surface area contributed by atoms with Crippen molar-refractivity contribution >= 4 is 17.4 Å². The molecule has 0 bridgehead atoms. The van der Waals surface area contributed by atoms with Gasteiger partial charge in [0.25, 0.3) is 0 Å². The van der Waals surface area contributed by atoms with Gasteiger partial charge in [0.15, 0.2) is 23.1 Å². The minimum absolute atomic E-state index is 0.0186. The summed E-state index contributed by atoms with van der Waals surface area (Å²) in [5, 5.41) is 11.6. The van der Waals surface area contributed by atoms with Crippen molar-refractivity contribution in [2.75, 3.05) is 37.5 Å². The Balaban J connectivity index is 1.41. The van der Waals surface area contributed by atoms with Crippen LogP contribution in [0.1, 0.15) is 12.8 Å². The Hall–Kier alpha value is -3.62. The van der Waals surface area contributed by atoms with Crippen LogP contribution in [0, 0.1) is 5.92 Å². The van der Waals surface area contributed by atoms with Crippen LogP contribution in [-0.2, 0) is 4.79 Å². The number of imidazole rings is 1. The molecule has 1 atom stereocenters. The number of hydrogen-bond donors (Lipinski definition) is 1. The van der Waals surface area contributed by atoms with Crippen LogP contribution in [0.2, 0.25) is 0 Å². The molecule has 1 N–H and O–H groups in total. The number of anilines is 2. The molecule has 156 valence electrons. The van der Waals surface area contributed by atoms with Crippen molar-refractivity contribution in [1.29, 1.82) is 0 Å². The lowest BCUT2D eigenvalue weighted by molar-refractivity contribution is -0.120. The molecule has 0 saturated carbocycles. The fourth-order valence-corrected chi connectivity index (χ4v) is 3.58. The smallest absolute Gasteiger partial charge is 0.229 e. The Morgan fingerprint density at radius 2 is 1.90 bits per heavy atom. The number of nitrogens with zero attached hydrogens (tertiary/aromatic N) is 5. The van der Waals surface area contributed by atoms with Crippen molar-refractivity contribution in [3.8, 4) is 17.3 Å². The molecule has 1 aliphatic heterocycles. The Kier molecular flexibility index (Phi) is 5.78. The lowest BCUT2D eigenvalue weighted by atomic mass is 9.97. The summed E-state index contributed by atoms with van der Waals surface area (Å²) in [5.41, 5.74) is 0.680. The van der Waals surface area contributed by atoms with Crippen LogP contribution in [-0.4, -0.2) is 53.0 Å². The second-order valence-electron chi connectivity index (χ2n) is 7.06. The second kappa shape index (κ2) is 8.81. The third-order valence-electron chi connectivity index (χ3n) is 5.17. The average Bonchev–Trinajstić information content (AvgIpc) is 3.34. The fourth-order valence-electron chi connectivity index (χ4n) is 3.58. The number of carbonyl (C=O) groups excluding carboxylic acids is 1. The molecule has 0 radical (unpaired) electrons. The molecule has 1 unspecified atom stereocenters. The van der Waals surface area contributed by atoms with Crippen LogP contribution in [0.25, 0.3) is 5.82 Å². The van der Waals surface area contributed by atoms with Gasteiger partial charge in [-0.15, -0.1) is 10.2 Å². The molecule has 3 aromatic rings. The van der Waals surface area contributed by atoms with E-state index < -0.39 is 0 Å². The van der Waals surface area contributed by atoms with Gasteiger partial charge >= 0.3 is 0 Å². The molecule has 1 saturated heterocycles. The summed E-state index contributed by atoms with van der Waals surface area (Å²) < 4.78 is 12.4. The van der Waals surface area contributed by atoms with E-state index in [4.69, 9.17) is 9.47 Å². The van der Waals surface area contributed by atoms with E-state index >= 15 is 0 Å². The van der Waals surface area contributed by atoms with Gasteiger partial charge in [-0.1, -0.05) is 0 Å². The molecule has 4 rings (SSSR count). The van der Waals surface area contributed by atoms with E-state index in [0.717, 1.165) is 25.2 Å². The van der Waals surface area contributed by atoms with E-state index in [1.165, 1.54) is 0 Å². The molecular formula is C21H24N6O3. The molecule has 3 heterocycles. The van der Waals surface area contributed by atoms with Gasteiger partial charge in [0.05, 0.1) is 20.1 Å². The highest BCUT2D eigenvalue weighted by Crippen LogP contribution is 2.30. The standard InChI is InChI=1S/C21H24N6O3/c1-29-17-6-5-16(12-18(17)30-2)23-21(28)15-4-3-10-26(13-15)19-7-8-20(25-24-19)27-11-9-22-14-27/h5-9,11-12,14-15H,3-4,10,13H2,1-2H3,(H,23,28). The van der Waals surface area contributed by atoms with E-state index in [9.17, 15) is 4.79 Å². The van der Waals surface area contributed by atoms with Gasteiger partial charge in [-0.25, -0.2) is 4.98 Å². The number of nitrogens with one attached hydrogen (secondary N) is 1. The lowest BCUT2D eigenvalue weighted by Crippen LogP contribution is -2.41. The number of piperidine rings is 1. The first-order chi connectivity index (χ1) is 14.7. The maximum Gasteiger partial charge on any atom is 0.229 e. The normalized spacial score (nSPS) is 16.2. The first kappa shape index (κ1) is 19.7. The van der Waals surface area contributed by atoms with Crippen LogP contribution >= 0.6 is 0 Å². The van der Waals surface area contributed by atoms with Gasteiger partial charge in [0, 0.05) is 37.2 Å². The molecular weight excluding hydrogens is 384 g/mol. The van der Waals surface area contributed by atoms with Crippen molar-refractivity contribution in [1.82, 2.24) is 19.7 Å². The first-order valence-corrected chi connectivity index (χ1v) is 9.78. The first-order valence-electron chi connectivity index (χ1n) is 9.78. The van der Waals surface area contributed by atoms with Gasteiger partial charge in [-0.2, -0.15) is 0 Å². The van der Waals surface area contributed by atoms with Crippen molar-refractivity contribution in [3.05, 3.63) is 49.1 Å². The Morgan fingerprint density at radius 1 is 1.10 bits per heavy atom. The van der Waals surface area contributed by atoms with E-state index in [-0.39, 0.29) is 11.8 Å². The molecule has 9 nitrogen and oxygen atoms in total. The van der Waals surface area contributed by atoms with Crippen molar-refractivity contribution in [2.45, 2.75) is 12.8 Å². The zero-order valence-corrected chi connectivity index (χ0v) is 17.0. The third-order valence-corrected chi connectivity index (χ3v) is 5.17. The molecule has 1 amide bonds. The number of ether oxygens (including phenoxy) is 2. The van der Waals surface area contributed by atoms with Crippen LogP contribution < -0.4 is 19.7 Å². The third kappa shape index (κ3) is 4.19. The fraction of sp³-hybridized carbons (Fsp3) is 0.333. The zero-order chi connectivity index (χ0) is 20.9. The average molecular weight is 408 g/mol. The number of rotatable bonds is 6. The summed E-state index contributed by atoms with van der Waals surface area (Å²) in [6.45, 7) is 1.44. The largest absolute Gasteiger partial charge is 0.493 e. The molecule has 1 aliphatic rings. The van der Waals surface area contributed by atoms with E-state index in [0.29, 0.717) is 29.5 Å². The van der Waals surface area contributed by atoms with Gasteiger partial charge in [0.1, 0.15) is 6.33 Å². The minimum atomic E-state index is -0.137. The van der Waals surface area contributed by atoms with Crippen LogP contribution in [0.3, 0.4) is 0 Å². The van der Waals surface area contributed by atoms with Gasteiger partial charge in [-0.05, 0) is 37.1 Å². The monoisotopic (exact) mass is 408 g/mol. The molecule has 1 aromatic carbocycles. The van der Waals surface area contributed by atoms with Crippen molar-refractivity contribution in [2.24, 2.45) is 5.92 Å². The molecule has 0 aliphatic carbocycles. The van der Waals surface area contributed by atoms with E-state index in [1.807, 2.05) is 18.3 Å². The summed E-state index contributed by atoms with van der Waals surface area (Å²) >= 11 is 0. The van der Waals surface area contributed by atoms with Gasteiger partial charge in [0.2, 0.25) is 5.91 Å². The predicted octanol–water partition coefficient (Wildman–Crippen LogP) is 2.53.